The smallest absolute Gasteiger partial charge is 0.273 e. The van der Waals surface area contributed by atoms with E-state index in [-0.39, 0.29) is 22.7 Å². The summed E-state index contributed by atoms with van der Waals surface area (Å²) >= 11 is 11.8. The Morgan fingerprint density at radius 3 is 2.48 bits per heavy atom. The van der Waals surface area contributed by atoms with Gasteiger partial charge in [0.1, 0.15) is 17.4 Å². The molecular formula is C17H12Cl2N4O4. The van der Waals surface area contributed by atoms with Gasteiger partial charge in [0.2, 0.25) is 0 Å². The number of ether oxygens (including phenoxy) is 1. The summed E-state index contributed by atoms with van der Waals surface area (Å²) in [6.07, 6.45) is 1.19. The van der Waals surface area contributed by atoms with Gasteiger partial charge in [-0.3, -0.25) is 14.9 Å². The molecule has 0 heterocycles. The van der Waals surface area contributed by atoms with Crippen molar-refractivity contribution in [2.45, 2.75) is 0 Å². The summed E-state index contributed by atoms with van der Waals surface area (Å²) < 4.78 is 5.04. The van der Waals surface area contributed by atoms with Gasteiger partial charge in [-0.1, -0.05) is 23.2 Å². The Kier molecular flexibility index (Phi) is 6.60. The number of hydrogen-bond acceptors (Lipinski definition) is 6. The SMILES string of the molecule is COc1cc([N+](=O)[O-])ccc1NC(=O)/C(C#N)=C\Nc1cc(Cl)cc(Cl)c1. The number of nitriles is 1. The van der Waals surface area contributed by atoms with Crippen LogP contribution in [0.15, 0.2) is 48.2 Å². The molecule has 0 saturated heterocycles. The van der Waals surface area contributed by atoms with E-state index in [0.717, 1.165) is 6.07 Å². The van der Waals surface area contributed by atoms with Gasteiger partial charge >= 0.3 is 0 Å². The van der Waals surface area contributed by atoms with Gasteiger partial charge in [0.05, 0.1) is 23.8 Å². The number of halogens is 2. The molecule has 0 radical (unpaired) electrons. The molecule has 0 bridgehead atoms. The van der Waals surface area contributed by atoms with Crippen LogP contribution in [0.2, 0.25) is 10.0 Å². The van der Waals surface area contributed by atoms with Crippen LogP contribution in [0, 0.1) is 21.4 Å². The summed E-state index contributed by atoms with van der Waals surface area (Å²) in [4.78, 5) is 22.5. The van der Waals surface area contributed by atoms with E-state index < -0.39 is 10.8 Å². The Hall–Kier alpha value is -3.28. The highest BCUT2D eigenvalue weighted by Crippen LogP contribution is 2.29. The van der Waals surface area contributed by atoms with Gasteiger partial charge < -0.3 is 15.4 Å². The van der Waals surface area contributed by atoms with Crippen molar-refractivity contribution in [2.75, 3.05) is 17.7 Å². The number of carbonyl (C=O) groups excluding carboxylic acids is 1. The number of nitrogens with one attached hydrogen (secondary N) is 2. The van der Waals surface area contributed by atoms with Gasteiger partial charge in [-0.05, 0) is 24.3 Å². The summed E-state index contributed by atoms with van der Waals surface area (Å²) in [6, 6.07) is 10.1. The number of hydrogen-bond donors (Lipinski definition) is 2. The lowest BCUT2D eigenvalue weighted by molar-refractivity contribution is -0.384. The van der Waals surface area contributed by atoms with Gasteiger partial charge in [-0.15, -0.1) is 0 Å². The Balaban J connectivity index is 2.19. The topological polar surface area (TPSA) is 117 Å². The van der Waals surface area contributed by atoms with Crippen LogP contribution in [0.3, 0.4) is 0 Å². The van der Waals surface area contributed by atoms with E-state index >= 15 is 0 Å². The minimum absolute atomic E-state index is 0.0874. The largest absolute Gasteiger partial charge is 0.494 e. The average molecular weight is 407 g/mol. The van der Waals surface area contributed by atoms with Crippen LogP contribution in [0.5, 0.6) is 5.75 Å². The third kappa shape index (κ3) is 5.34. The Morgan fingerprint density at radius 1 is 1.26 bits per heavy atom. The fourth-order valence-corrected chi connectivity index (χ4v) is 2.55. The van der Waals surface area contributed by atoms with Crippen molar-refractivity contribution in [3.05, 3.63) is 68.3 Å². The van der Waals surface area contributed by atoms with Crippen molar-refractivity contribution in [1.29, 1.82) is 5.26 Å². The predicted molar refractivity (Wildman–Crippen MR) is 102 cm³/mol. The van der Waals surface area contributed by atoms with Crippen molar-refractivity contribution in [1.82, 2.24) is 0 Å². The quantitative estimate of drug-likeness (QED) is 0.318. The van der Waals surface area contributed by atoms with E-state index in [4.69, 9.17) is 27.9 Å². The highest BCUT2D eigenvalue weighted by atomic mass is 35.5. The summed E-state index contributed by atoms with van der Waals surface area (Å²) in [7, 11) is 1.31. The maximum absolute atomic E-state index is 12.3. The zero-order valence-corrected chi connectivity index (χ0v) is 15.3. The summed E-state index contributed by atoms with van der Waals surface area (Å²) in [6.45, 7) is 0. The number of nitro groups is 1. The third-order valence-corrected chi connectivity index (χ3v) is 3.69. The Labute approximate surface area is 164 Å². The zero-order valence-electron chi connectivity index (χ0n) is 13.8. The molecule has 0 aromatic heterocycles. The molecule has 10 heteroatoms. The van der Waals surface area contributed by atoms with E-state index in [1.165, 1.54) is 31.5 Å². The summed E-state index contributed by atoms with van der Waals surface area (Å²) in [5, 5.41) is 26.0. The lowest BCUT2D eigenvalue weighted by Gasteiger charge is -2.10. The minimum atomic E-state index is -0.731. The molecule has 0 aliphatic carbocycles. The normalized spacial score (nSPS) is 10.7. The first kappa shape index (κ1) is 20.0. The van der Waals surface area contributed by atoms with E-state index in [1.807, 2.05) is 0 Å². The fourth-order valence-electron chi connectivity index (χ4n) is 2.03. The van der Waals surface area contributed by atoms with Crippen LogP contribution in [0.4, 0.5) is 17.1 Å². The molecule has 8 nitrogen and oxygen atoms in total. The van der Waals surface area contributed by atoms with E-state index in [2.05, 4.69) is 10.6 Å². The monoisotopic (exact) mass is 406 g/mol. The van der Waals surface area contributed by atoms with Gasteiger partial charge in [0.15, 0.2) is 0 Å². The summed E-state index contributed by atoms with van der Waals surface area (Å²) in [5.74, 6) is -0.644. The van der Waals surface area contributed by atoms with Crippen molar-refractivity contribution in [3.8, 4) is 11.8 Å². The number of amides is 1. The number of carbonyl (C=O) groups is 1. The molecule has 2 aromatic carbocycles. The molecule has 2 rings (SSSR count). The molecule has 0 unspecified atom stereocenters. The first-order valence-corrected chi connectivity index (χ1v) is 8.06. The molecule has 0 fully saturated rings. The van der Waals surface area contributed by atoms with Crippen LogP contribution in [0.25, 0.3) is 0 Å². The second-order valence-electron chi connectivity index (χ2n) is 5.07. The molecule has 2 N–H and O–H groups in total. The van der Waals surface area contributed by atoms with E-state index in [9.17, 15) is 20.2 Å². The van der Waals surface area contributed by atoms with Crippen molar-refractivity contribution >= 4 is 46.2 Å². The average Bonchev–Trinajstić information content (AvgIpc) is 2.61. The molecule has 0 atom stereocenters. The van der Waals surface area contributed by atoms with Gasteiger partial charge in [0.25, 0.3) is 11.6 Å². The second-order valence-corrected chi connectivity index (χ2v) is 5.94. The number of nitrogens with zero attached hydrogens (tertiary/aromatic N) is 2. The first-order chi connectivity index (χ1) is 12.8. The lowest BCUT2D eigenvalue weighted by Crippen LogP contribution is -2.15. The second kappa shape index (κ2) is 8.89. The maximum atomic E-state index is 12.3. The summed E-state index contributed by atoms with van der Waals surface area (Å²) in [5.41, 5.74) is 0.230. The predicted octanol–water partition coefficient (Wildman–Crippen LogP) is 4.37. The number of nitro benzene ring substituents is 1. The van der Waals surface area contributed by atoms with Gasteiger partial charge in [-0.25, -0.2) is 0 Å². The van der Waals surface area contributed by atoms with Crippen LogP contribution >= 0.6 is 23.2 Å². The molecule has 0 spiro atoms. The number of rotatable bonds is 6. The lowest BCUT2D eigenvalue weighted by atomic mass is 10.2. The van der Waals surface area contributed by atoms with Crippen LogP contribution in [0.1, 0.15) is 0 Å². The molecule has 0 saturated carbocycles. The number of anilines is 2. The zero-order chi connectivity index (χ0) is 20.0. The highest BCUT2D eigenvalue weighted by Gasteiger charge is 2.15. The Morgan fingerprint density at radius 2 is 1.93 bits per heavy atom. The van der Waals surface area contributed by atoms with Crippen molar-refractivity contribution in [2.24, 2.45) is 0 Å². The molecule has 1 amide bonds. The fraction of sp³-hybridized carbons (Fsp3) is 0.0588. The highest BCUT2D eigenvalue weighted by molar-refractivity contribution is 6.35. The third-order valence-electron chi connectivity index (χ3n) is 3.25. The molecule has 0 aliphatic heterocycles. The number of methoxy groups -OCH3 is 1. The standard InChI is InChI=1S/C17H12Cl2N4O4/c1-27-16-7-14(23(25)26)2-3-15(16)22-17(24)10(8-20)9-21-13-5-11(18)4-12(19)6-13/h2-7,9,21H,1H3,(H,22,24)/b10-9-. The number of non-ortho nitro benzene ring substituents is 1. The molecule has 27 heavy (non-hydrogen) atoms. The minimum Gasteiger partial charge on any atom is -0.494 e. The maximum Gasteiger partial charge on any atom is 0.273 e. The van der Waals surface area contributed by atoms with Crippen LogP contribution < -0.4 is 15.4 Å². The van der Waals surface area contributed by atoms with Crippen molar-refractivity contribution < 1.29 is 14.5 Å². The molecule has 138 valence electrons. The Bertz CT molecular complexity index is 950. The van der Waals surface area contributed by atoms with Gasteiger partial charge in [-0.2, -0.15) is 5.26 Å². The molecule has 0 aliphatic rings. The van der Waals surface area contributed by atoms with Gasteiger partial charge in [0, 0.05) is 28.0 Å². The first-order valence-electron chi connectivity index (χ1n) is 7.30. The molecular weight excluding hydrogens is 395 g/mol. The van der Waals surface area contributed by atoms with Crippen molar-refractivity contribution in [3.63, 3.8) is 0 Å². The van der Waals surface area contributed by atoms with Crippen LogP contribution in [-0.2, 0) is 4.79 Å². The van der Waals surface area contributed by atoms with Crippen LogP contribution in [-0.4, -0.2) is 17.9 Å². The van der Waals surface area contributed by atoms with E-state index in [0.29, 0.717) is 15.7 Å². The number of benzene rings is 2. The van der Waals surface area contributed by atoms with E-state index in [1.54, 1.807) is 18.2 Å². The molecule has 2 aromatic rings.